The van der Waals surface area contributed by atoms with Crippen molar-refractivity contribution >= 4 is 27.8 Å². The van der Waals surface area contributed by atoms with E-state index in [4.69, 9.17) is 9.90 Å². The van der Waals surface area contributed by atoms with Gasteiger partial charge in [-0.3, -0.25) is 4.79 Å². The van der Waals surface area contributed by atoms with Gasteiger partial charge in [0, 0.05) is 22.6 Å². The van der Waals surface area contributed by atoms with Crippen molar-refractivity contribution in [2.24, 2.45) is 11.8 Å². The number of hydrogen-bond donors (Lipinski definition) is 2. The Labute approximate surface area is 253 Å². The number of quaternary nitrogens is 2. The highest BCUT2D eigenvalue weighted by molar-refractivity contribution is 9.10. The predicted octanol–water partition coefficient (Wildman–Crippen LogP) is 2.61. The molecule has 3 fully saturated rings. The fourth-order valence-corrected chi connectivity index (χ4v) is 8.42. The van der Waals surface area contributed by atoms with E-state index in [2.05, 4.69) is 80.0 Å². The van der Waals surface area contributed by atoms with Gasteiger partial charge in [-0.2, -0.15) is 13.2 Å². The number of aliphatic carboxylic acids is 1. The van der Waals surface area contributed by atoms with Gasteiger partial charge >= 0.3 is 6.18 Å². The second kappa shape index (κ2) is 13.1. The van der Waals surface area contributed by atoms with Crippen molar-refractivity contribution in [3.63, 3.8) is 0 Å². The number of likely N-dealkylation sites (tertiary alicyclic amines) is 1. The summed E-state index contributed by atoms with van der Waals surface area (Å²) in [4.78, 5) is 25.7. The Morgan fingerprint density at radius 1 is 0.976 bits per heavy atom. The molecule has 3 heterocycles. The molecule has 1 saturated carbocycles. The Balaban J connectivity index is 0.000000451. The van der Waals surface area contributed by atoms with Crippen LogP contribution in [0.4, 0.5) is 13.2 Å². The zero-order valence-corrected chi connectivity index (χ0v) is 25.3. The van der Waals surface area contributed by atoms with E-state index in [-0.39, 0.29) is 11.3 Å². The number of carbonyl (C=O) groups is 2. The second-order valence-electron chi connectivity index (χ2n) is 12.3. The minimum absolute atomic E-state index is 0.0429. The predicted molar refractivity (Wildman–Crippen MR) is 153 cm³/mol. The molecule has 2 aromatic carbocycles. The molecule has 1 spiro atoms. The van der Waals surface area contributed by atoms with Crippen LogP contribution in [0, 0.1) is 11.8 Å². The molecule has 4 N–H and O–H groups in total. The third-order valence-electron chi connectivity index (χ3n) is 9.98. The fourth-order valence-electron chi connectivity index (χ4n) is 8.01. The van der Waals surface area contributed by atoms with Crippen molar-refractivity contribution in [3.8, 4) is 0 Å². The number of piperidine rings is 1. The molecule has 228 valence electrons. The average Bonchev–Trinajstić information content (AvgIpc) is 3.41. The van der Waals surface area contributed by atoms with Gasteiger partial charge in [0.05, 0.1) is 19.6 Å². The average molecular weight is 652 g/mol. The molecule has 1 aliphatic carbocycles. The molecule has 0 aromatic heterocycles. The largest absolute Gasteiger partial charge is 0.542 e. The van der Waals surface area contributed by atoms with Gasteiger partial charge in [0.2, 0.25) is 5.91 Å². The van der Waals surface area contributed by atoms with E-state index in [0.717, 1.165) is 50.0 Å². The third-order valence-corrected chi connectivity index (χ3v) is 10.5. The number of halogens is 4. The molecule has 3 aliphatic heterocycles. The van der Waals surface area contributed by atoms with Crippen molar-refractivity contribution in [2.45, 2.75) is 75.0 Å². The Morgan fingerprint density at radius 2 is 1.67 bits per heavy atom. The number of hydrogen-bond acceptors (Lipinski definition) is 3. The summed E-state index contributed by atoms with van der Waals surface area (Å²) in [5.74, 6) is -1.23. The number of alkyl halides is 3. The van der Waals surface area contributed by atoms with E-state index in [0.29, 0.717) is 23.8 Å². The summed E-state index contributed by atoms with van der Waals surface area (Å²) >= 11 is 3.67. The van der Waals surface area contributed by atoms with Crippen molar-refractivity contribution in [1.82, 2.24) is 4.90 Å². The Bertz CT molecular complexity index is 1250. The lowest BCUT2D eigenvalue weighted by Crippen LogP contribution is -2.91. The molecule has 6 rings (SSSR count). The normalized spacial score (nSPS) is 28.1. The molecular weight excluding hydrogens is 611 g/mol. The van der Waals surface area contributed by atoms with Crippen LogP contribution in [0.15, 0.2) is 53.0 Å². The summed E-state index contributed by atoms with van der Waals surface area (Å²) in [5, 5.41) is 13.6. The number of nitrogens with two attached hydrogens (primary N) is 2. The number of carboxylic acid groups (broad SMARTS) is 1. The topological polar surface area (TPSA) is 93.7 Å². The lowest BCUT2D eigenvalue weighted by molar-refractivity contribution is -0.691. The minimum atomic E-state index is -5.19. The highest BCUT2D eigenvalue weighted by Crippen LogP contribution is 2.43. The van der Waals surface area contributed by atoms with Crippen LogP contribution in [-0.2, 0) is 21.5 Å². The molecule has 4 atom stereocenters. The Morgan fingerprint density at radius 3 is 2.36 bits per heavy atom. The maximum Gasteiger partial charge on any atom is 0.430 e. The van der Waals surface area contributed by atoms with Gasteiger partial charge < -0.3 is 25.4 Å². The number of amides is 1. The van der Waals surface area contributed by atoms with Crippen LogP contribution in [-0.4, -0.2) is 55.2 Å². The summed E-state index contributed by atoms with van der Waals surface area (Å²) < 4.78 is 32.7. The zero-order chi connectivity index (χ0) is 29.9. The first-order valence-corrected chi connectivity index (χ1v) is 16.0. The molecule has 1 amide bonds. The van der Waals surface area contributed by atoms with E-state index in [1.807, 2.05) is 0 Å². The summed E-state index contributed by atoms with van der Waals surface area (Å²) in [7, 11) is 0. The highest BCUT2D eigenvalue weighted by Gasteiger charge is 2.57. The summed E-state index contributed by atoms with van der Waals surface area (Å²) in [6.07, 6.45) is 3.65. The molecule has 0 radical (unpaired) electrons. The maximum absolute atomic E-state index is 14.5. The number of carboxylic acids is 1. The molecule has 0 unspecified atom stereocenters. The molecule has 4 aliphatic rings. The molecule has 42 heavy (non-hydrogen) atoms. The first-order valence-electron chi connectivity index (χ1n) is 15.2. The lowest BCUT2D eigenvalue weighted by Gasteiger charge is -2.47. The quantitative estimate of drug-likeness (QED) is 0.535. The summed E-state index contributed by atoms with van der Waals surface area (Å²) in [6.45, 7) is 4.93. The second-order valence-corrected chi connectivity index (χ2v) is 13.3. The number of benzene rings is 2. The van der Waals surface area contributed by atoms with E-state index in [1.54, 1.807) is 0 Å². The first-order chi connectivity index (χ1) is 20.1. The molecule has 10 heteroatoms. The van der Waals surface area contributed by atoms with Crippen LogP contribution in [0.5, 0.6) is 0 Å². The third kappa shape index (κ3) is 6.55. The van der Waals surface area contributed by atoms with Crippen molar-refractivity contribution in [2.75, 3.05) is 26.2 Å². The van der Waals surface area contributed by atoms with Crippen molar-refractivity contribution in [3.05, 3.63) is 69.7 Å². The SMILES string of the molecule is O=C([C@@H]1C[NH2+]C[C@]12C[NH2+]Cc1cc(Br)ccc12)N1CC[C@@H](c2ccccc2)C[C@H]1C1CCCCC1.O=C([O-])C(F)(F)F. The van der Waals surface area contributed by atoms with Gasteiger partial charge in [0.25, 0.3) is 0 Å². The molecule has 6 nitrogen and oxygen atoms in total. The van der Waals surface area contributed by atoms with E-state index >= 15 is 0 Å². The molecule has 2 saturated heterocycles. The van der Waals surface area contributed by atoms with Crippen LogP contribution in [0.25, 0.3) is 0 Å². The molecule has 2 aromatic rings. The van der Waals surface area contributed by atoms with Crippen LogP contribution < -0.4 is 15.7 Å². The van der Waals surface area contributed by atoms with Crippen LogP contribution in [0.3, 0.4) is 0 Å². The van der Waals surface area contributed by atoms with E-state index in [1.165, 1.54) is 48.8 Å². The standard InChI is InChI=1S/C30H38BrN3O.C2HF3O2/c31-25-11-12-26-24(15-25)17-32-19-30(26)20-33-18-27(30)29(35)34-14-13-23(21-7-3-1-4-8-21)16-28(34)22-9-5-2-6-10-22;3-2(4,5)1(6)7/h1,3-4,7-8,11-12,15,22-23,27-28,32-33H,2,5-6,9-10,13-14,16-20H2;(H,6,7)/p+1/t23-,27+,28+,30+;/m1./s1. The lowest BCUT2D eigenvalue weighted by atomic mass is 9.68. The smallest absolute Gasteiger partial charge is 0.430 e. The van der Waals surface area contributed by atoms with Gasteiger partial charge in [0.15, 0.2) is 0 Å². The van der Waals surface area contributed by atoms with Crippen LogP contribution in [0.1, 0.15) is 67.6 Å². The fraction of sp³-hybridized carbons (Fsp3) is 0.562. The Kier molecular flexibility index (Phi) is 9.64. The summed E-state index contributed by atoms with van der Waals surface area (Å²) in [6, 6.07) is 18.2. The van der Waals surface area contributed by atoms with Gasteiger partial charge in [-0.15, -0.1) is 0 Å². The maximum atomic E-state index is 14.5. The monoisotopic (exact) mass is 650 g/mol. The van der Waals surface area contributed by atoms with Gasteiger partial charge in [-0.1, -0.05) is 71.6 Å². The number of fused-ring (bicyclic) bond motifs is 2. The number of rotatable bonds is 3. The van der Waals surface area contributed by atoms with Gasteiger partial charge in [0.1, 0.15) is 23.8 Å². The van der Waals surface area contributed by atoms with E-state index < -0.39 is 12.1 Å². The van der Waals surface area contributed by atoms with Crippen LogP contribution in [0.2, 0.25) is 0 Å². The summed E-state index contributed by atoms with van der Waals surface area (Å²) in [5.41, 5.74) is 4.26. The van der Waals surface area contributed by atoms with Crippen molar-refractivity contribution < 1.29 is 38.5 Å². The first kappa shape index (κ1) is 31.0. The number of nitrogens with zero attached hydrogens (tertiary/aromatic N) is 1. The van der Waals surface area contributed by atoms with Gasteiger partial charge in [-0.25, -0.2) is 0 Å². The van der Waals surface area contributed by atoms with Gasteiger partial charge in [-0.05, 0) is 60.8 Å². The van der Waals surface area contributed by atoms with E-state index in [9.17, 15) is 18.0 Å². The minimum Gasteiger partial charge on any atom is -0.542 e. The Hall–Kier alpha value is -2.43. The highest BCUT2D eigenvalue weighted by atomic mass is 79.9. The molecular formula is C32H40BrF3N3O3+. The van der Waals surface area contributed by atoms with Crippen molar-refractivity contribution in [1.29, 1.82) is 0 Å². The van der Waals surface area contributed by atoms with Crippen LogP contribution >= 0.6 is 15.9 Å². The number of carbonyl (C=O) groups excluding carboxylic acids is 2. The zero-order valence-electron chi connectivity index (χ0n) is 23.8. The molecule has 0 bridgehead atoms.